The van der Waals surface area contributed by atoms with Gasteiger partial charge < -0.3 is 4.74 Å². The van der Waals surface area contributed by atoms with E-state index in [9.17, 15) is 0 Å². The van der Waals surface area contributed by atoms with Crippen molar-refractivity contribution < 1.29 is 4.74 Å². The first-order valence-electron chi connectivity index (χ1n) is 6.06. The molecule has 0 aliphatic carbocycles. The minimum Gasteiger partial charge on any atom is -0.378 e. The molecular formula is C12H15ClN2OS. The van der Waals surface area contributed by atoms with Crippen LogP contribution >= 0.6 is 23.4 Å². The number of ether oxygens (including phenoxy) is 1. The lowest BCUT2D eigenvalue weighted by Crippen LogP contribution is -2.22. The van der Waals surface area contributed by atoms with Crippen molar-refractivity contribution in [3.63, 3.8) is 0 Å². The SMILES string of the molecule is Clc1nc(CC2CCCCO2)nc2c1CSC2. The molecule has 1 unspecified atom stereocenters. The monoisotopic (exact) mass is 270 g/mol. The molecule has 0 radical (unpaired) electrons. The molecule has 2 aliphatic heterocycles. The summed E-state index contributed by atoms with van der Waals surface area (Å²) in [7, 11) is 0. The first kappa shape index (κ1) is 11.8. The first-order valence-corrected chi connectivity index (χ1v) is 7.59. The normalized spacial score (nSPS) is 23.7. The maximum absolute atomic E-state index is 6.19. The molecule has 5 heteroatoms. The molecule has 3 heterocycles. The Hall–Kier alpha value is -0.320. The van der Waals surface area contributed by atoms with Crippen LogP contribution in [0.5, 0.6) is 0 Å². The van der Waals surface area contributed by atoms with Crippen LogP contribution in [0, 0.1) is 0 Å². The highest BCUT2D eigenvalue weighted by Crippen LogP contribution is 2.32. The lowest BCUT2D eigenvalue weighted by atomic mass is 10.1. The zero-order chi connectivity index (χ0) is 11.7. The minimum absolute atomic E-state index is 0.284. The van der Waals surface area contributed by atoms with E-state index in [1.165, 1.54) is 12.8 Å². The second-order valence-corrected chi connectivity index (χ2v) is 5.89. The molecule has 1 aromatic rings. The fourth-order valence-corrected chi connectivity index (χ4v) is 3.72. The summed E-state index contributed by atoms with van der Waals surface area (Å²) in [6.07, 6.45) is 4.63. The van der Waals surface area contributed by atoms with Crippen molar-refractivity contribution >= 4 is 23.4 Å². The number of aromatic nitrogens is 2. The maximum Gasteiger partial charge on any atom is 0.137 e. The van der Waals surface area contributed by atoms with Gasteiger partial charge in [0.25, 0.3) is 0 Å². The van der Waals surface area contributed by atoms with Crippen LogP contribution in [0.2, 0.25) is 5.15 Å². The number of rotatable bonds is 2. The second-order valence-electron chi connectivity index (χ2n) is 4.54. The van der Waals surface area contributed by atoms with Gasteiger partial charge >= 0.3 is 0 Å². The van der Waals surface area contributed by atoms with Crippen molar-refractivity contribution in [2.75, 3.05) is 6.61 Å². The Morgan fingerprint density at radius 3 is 3.06 bits per heavy atom. The van der Waals surface area contributed by atoms with E-state index in [0.29, 0.717) is 5.15 Å². The van der Waals surface area contributed by atoms with Gasteiger partial charge in [-0.2, -0.15) is 11.8 Å². The molecule has 0 spiro atoms. The van der Waals surface area contributed by atoms with E-state index in [-0.39, 0.29) is 6.10 Å². The largest absolute Gasteiger partial charge is 0.378 e. The molecule has 1 saturated heterocycles. The van der Waals surface area contributed by atoms with E-state index in [4.69, 9.17) is 16.3 Å². The average Bonchev–Trinajstić information content (AvgIpc) is 2.79. The molecule has 0 bridgehead atoms. The van der Waals surface area contributed by atoms with Crippen LogP contribution in [-0.4, -0.2) is 22.7 Å². The van der Waals surface area contributed by atoms with Gasteiger partial charge in [0.1, 0.15) is 11.0 Å². The van der Waals surface area contributed by atoms with Crippen LogP contribution in [0.4, 0.5) is 0 Å². The average molecular weight is 271 g/mol. The van der Waals surface area contributed by atoms with E-state index < -0.39 is 0 Å². The lowest BCUT2D eigenvalue weighted by molar-refractivity contribution is 0.0156. The van der Waals surface area contributed by atoms with Gasteiger partial charge in [-0.15, -0.1) is 0 Å². The van der Waals surface area contributed by atoms with E-state index >= 15 is 0 Å². The lowest BCUT2D eigenvalue weighted by Gasteiger charge is -2.22. The molecular weight excluding hydrogens is 256 g/mol. The summed E-state index contributed by atoms with van der Waals surface area (Å²) in [5.41, 5.74) is 2.26. The number of fused-ring (bicyclic) bond motifs is 1. The van der Waals surface area contributed by atoms with Crippen LogP contribution in [0.15, 0.2) is 0 Å². The summed E-state index contributed by atoms with van der Waals surface area (Å²) >= 11 is 8.04. The highest BCUT2D eigenvalue weighted by Gasteiger charge is 2.21. The predicted octanol–water partition coefficient (Wildman–Crippen LogP) is 2.99. The molecule has 2 aliphatic rings. The van der Waals surface area contributed by atoms with Crippen molar-refractivity contribution in [3.8, 4) is 0 Å². The molecule has 1 fully saturated rings. The van der Waals surface area contributed by atoms with Crippen molar-refractivity contribution in [1.29, 1.82) is 0 Å². The third kappa shape index (κ3) is 2.59. The van der Waals surface area contributed by atoms with Crippen LogP contribution in [0.3, 0.4) is 0 Å². The van der Waals surface area contributed by atoms with E-state index in [1.54, 1.807) is 0 Å². The van der Waals surface area contributed by atoms with E-state index in [0.717, 1.165) is 48.0 Å². The van der Waals surface area contributed by atoms with Gasteiger partial charge in [0.15, 0.2) is 0 Å². The van der Waals surface area contributed by atoms with Gasteiger partial charge in [-0.1, -0.05) is 11.6 Å². The molecule has 3 nitrogen and oxygen atoms in total. The van der Waals surface area contributed by atoms with Crippen LogP contribution < -0.4 is 0 Å². The van der Waals surface area contributed by atoms with E-state index in [2.05, 4.69) is 9.97 Å². The third-order valence-electron chi connectivity index (χ3n) is 3.26. The van der Waals surface area contributed by atoms with Gasteiger partial charge in [0, 0.05) is 30.1 Å². The van der Waals surface area contributed by atoms with Crippen molar-refractivity contribution in [2.24, 2.45) is 0 Å². The number of hydrogen-bond donors (Lipinski definition) is 0. The number of halogens is 1. The second kappa shape index (κ2) is 5.12. The molecule has 0 saturated carbocycles. The summed E-state index contributed by atoms with van der Waals surface area (Å²) in [6, 6.07) is 0. The van der Waals surface area contributed by atoms with Gasteiger partial charge in [-0.25, -0.2) is 9.97 Å². The Kier molecular flexibility index (Phi) is 3.54. The standard InChI is InChI=1S/C12H15ClN2OS/c13-12-9-6-17-7-10(9)14-11(15-12)5-8-3-1-2-4-16-8/h8H,1-7H2. The van der Waals surface area contributed by atoms with Gasteiger partial charge in [0.2, 0.25) is 0 Å². The zero-order valence-electron chi connectivity index (χ0n) is 9.62. The quantitative estimate of drug-likeness (QED) is 0.774. The molecule has 92 valence electrons. The van der Waals surface area contributed by atoms with Crippen molar-refractivity contribution in [2.45, 2.75) is 43.3 Å². The first-order chi connectivity index (χ1) is 8.33. The maximum atomic E-state index is 6.19. The van der Waals surface area contributed by atoms with Crippen LogP contribution in [0.1, 0.15) is 36.3 Å². The Bertz CT molecular complexity index is 421. The van der Waals surface area contributed by atoms with Crippen molar-refractivity contribution in [3.05, 3.63) is 22.2 Å². The fraction of sp³-hybridized carbons (Fsp3) is 0.667. The molecule has 0 amide bonds. The van der Waals surface area contributed by atoms with Gasteiger partial charge in [0.05, 0.1) is 11.8 Å². The van der Waals surface area contributed by atoms with Crippen LogP contribution in [-0.2, 0) is 22.7 Å². The Labute approximate surface area is 110 Å². The van der Waals surface area contributed by atoms with Crippen LogP contribution in [0.25, 0.3) is 0 Å². The highest BCUT2D eigenvalue weighted by molar-refractivity contribution is 7.98. The summed E-state index contributed by atoms with van der Waals surface area (Å²) in [4.78, 5) is 9.01. The summed E-state index contributed by atoms with van der Waals surface area (Å²) in [5.74, 6) is 2.77. The summed E-state index contributed by atoms with van der Waals surface area (Å²) in [5, 5.41) is 0.644. The Morgan fingerprint density at radius 2 is 2.24 bits per heavy atom. The molecule has 3 rings (SSSR count). The number of thioether (sulfide) groups is 1. The minimum atomic E-state index is 0.284. The Morgan fingerprint density at radius 1 is 1.29 bits per heavy atom. The third-order valence-corrected chi connectivity index (χ3v) is 4.54. The zero-order valence-corrected chi connectivity index (χ0v) is 11.2. The fourth-order valence-electron chi connectivity index (χ4n) is 2.32. The van der Waals surface area contributed by atoms with Gasteiger partial charge in [-0.05, 0) is 19.3 Å². The molecule has 17 heavy (non-hydrogen) atoms. The number of hydrogen-bond acceptors (Lipinski definition) is 4. The Balaban J connectivity index is 1.76. The highest BCUT2D eigenvalue weighted by atomic mass is 35.5. The summed E-state index contributed by atoms with van der Waals surface area (Å²) in [6.45, 7) is 0.874. The smallest absolute Gasteiger partial charge is 0.137 e. The van der Waals surface area contributed by atoms with E-state index in [1.807, 2.05) is 11.8 Å². The molecule has 1 atom stereocenters. The summed E-state index contributed by atoms with van der Waals surface area (Å²) < 4.78 is 5.71. The topological polar surface area (TPSA) is 35.0 Å². The predicted molar refractivity (Wildman–Crippen MR) is 69.3 cm³/mol. The molecule has 1 aromatic heterocycles. The number of nitrogens with zero attached hydrogens (tertiary/aromatic N) is 2. The molecule has 0 N–H and O–H groups in total. The molecule has 0 aromatic carbocycles. The van der Waals surface area contributed by atoms with Crippen molar-refractivity contribution in [1.82, 2.24) is 9.97 Å². The van der Waals surface area contributed by atoms with Gasteiger partial charge in [-0.3, -0.25) is 0 Å².